The molecule has 2 aromatic carbocycles. The van der Waals surface area contributed by atoms with Crippen LogP contribution in [0, 0.1) is 11.3 Å². The lowest BCUT2D eigenvalue weighted by atomic mass is 10.1. The predicted octanol–water partition coefficient (Wildman–Crippen LogP) is 4.94. The molecule has 0 unspecified atom stereocenters. The average molecular weight is 376 g/mol. The van der Waals surface area contributed by atoms with E-state index in [0.29, 0.717) is 27.8 Å². The molecule has 0 aliphatic heterocycles. The highest BCUT2D eigenvalue weighted by atomic mass is 35.5. The molecule has 7 heteroatoms. The quantitative estimate of drug-likeness (QED) is 0.698. The van der Waals surface area contributed by atoms with Crippen LogP contribution in [-0.4, -0.2) is 19.2 Å². The largest absolute Gasteiger partial charge is 0.497 e. The Morgan fingerprint density at radius 2 is 1.92 bits per heavy atom. The number of ether oxygens (including phenoxy) is 2. The van der Waals surface area contributed by atoms with Crippen molar-refractivity contribution in [3.63, 3.8) is 0 Å². The van der Waals surface area contributed by atoms with Crippen LogP contribution in [0.1, 0.15) is 5.56 Å². The molecule has 0 saturated heterocycles. The number of nitriles is 1. The smallest absolute Gasteiger partial charge is 0.137 e. The molecule has 25 heavy (non-hydrogen) atoms. The van der Waals surface area contributed by atoms with Crippen molar-refractivity contribution in [1.29, 1.82) is 5.26 Å². The van der Waals surface area contributed by atoms with Crippen molar-refractivity contribution in [3.8, 4) is 17.6 Å². The fourth-order valence-corrected chi connectivity index (χ4v) is 2.67. The number of aromatic nitrogens is 1. The van der Waals surface area contributed by atoms with E-state index in [1.165, 1.54) is 6.20 Å². The molecule has 1 N–H and O–H groups in total. The van der Waals surface area contributed by atoms with Gasteiger partial charge in [0, 0.05) is 23.3 Å². The molecule has 0 aliphatic carbocycles. The molecule has 0 bridgehead atoms. The number of anilines is 2. The van der Waals surface area contributed by atoms with Gasteiger partial charge in [-0.3, -0.25) is 4.98 Å². The number of hydrogen-bond donors (Lipinski definition) is 1. The van der Waals surface area contributed by atoms with Gasteiger partial charge in [0.15, 0.2) is 0 Å². The van der Waals surface area contributed by atoms with Gasteiger partial charge in [-0.05, 0) is 30.3 Å². The summed E-state index contributed by atoms with van der Waals surface area (Å²) in [5.41, 5.74) is 2.60. The lowest BCUT2D eigenvalue weighted by Gasteiger charge is -2.13. The third-order valence-electron chi connectivity index (χ3n) is 3.62. The average Bonchev–Trinajstić information content (AvgIpc) is 2.61. The molecular weight excluding hydrogens is 361 g/mol. The van der Waals surface area contributed by atoms with E-state index in [1.807, 2.05) is 24.3 Å². The third-order valence-corrected chi connectivity index (χ3v) is 3.91. The van der Waals surface area contributed by atoms with Gasteiger partial charge in [-0.1, -0.05) is 11.6 Å². The summed E-state index contributed by atoms with van der Waals surface area (Å²) in [6.45, 7) is 0. The van der Waals surface area contributed by atoms with Crippen LogP contribution in [0.3, 0.4) is 0 Å². The Balaban J connectivity index is 0.00000225. The van der Waals surface area contributed by atoms with Crippen molar-refractivity contribution in [2.45, 2.75) is 0 Å². The predicted molar refractivity (Wildman–Crippen MR) is 102 cm³/mol. The lowest BCUT2D eigenvalue weighted by molar-refractivity contribution is 0.415. The standard InChI is InChI=1S/C18H14ClN3O2.ClH/c1-23-13-4-5-14-16(8-13)21-10-11(9-20)18(14)22-12-3-6-17(24-2)15(19)7-12;/h3-8,10H,1-2H3,(H,21,22);1H. The lowest BCUT2D eigenvalue weighted by Crippen LogP contribution is -1.97. The van der Waals surface area contributed by atoms with E-state index >= 15 is 0 Å². The molecule has 0 fully saturated rings. The highest BCUT2D eigenvalue weighted by Crippen LogP contribution is 2.33. The zero-order valence-electron chi connectivity index (χ0n) is 13.5. The molecule has 0 atom stereocenters. The monoisotopic (exact) mass is 375 g/mol. The van der Waals surface area contributed by atoms with E-state index in [2.05, 4.69) is 16.4 Å². The summed E-state index contributed by atoms with van der Waals surface area (Å²) in [5, 5.41) is 14.0. The Morgan fingerprint density at radius 1 is 1.12 bits per heavy atom. The molecule has 3 rings (SSSR count). The first-order valence-corrected chi connectivity index (χ1v) is 7.51. The van der Waals surface area contributed by atoms with Crippen molar-refractivity contribution in [2.75, 3.05) is 19.5 Å². The van der Waals surface area contributed by atoms with E-state index in [0.717, 1.165) is 16.6 Å². The number of nitrogens with one attached hydrogen (secondary N) is 1. The Labute approximate surface area is 156 Å². The van der Waals surface area contributed by atoms with Crippen LogP contribution in [0.5, 0.6) is 11.5 Å². The zero-order chi connectivity index (χ0) is 17.1. The summed E-state index contributed by atoms with van der Waals surface area (Å²) in [7, 11) is 3.16. The molecule has 1 heterocycles. The minimum absolute atomic E-state index is 0. The van der Waals surface area contributed by atoms with Gasteiger partial charge >= 0.3 is 0 Å². The Morgan fingerprint density at radius 3 is 2.56 bits per heavy atom. The van der Waals surface area contributed by atoms with Gasteiger partial charge in [-0.25, -0.2) is 0 Å². The van der Waals surface area contributed by atoms with E-state index in [-0.39, 0.29) is 12.4 Å². The molecule has 0 amide bonds. The molecule has 0 aliphatic rings. The Kier molecular flexibility index (Phi) is 5.92. The van der Waals surface area contributed by atoms with Gasteiger partial charge in [0.05, 0.1) is 36.0 Å². The molecule has 0 radical (unpaired) electrons. The van der Waals surface area contributed by atoms with Crippen LogP contribution in [0.4, 0.5) is 11.4 Å². The van der Waals surface area contributed by atoms with Gasteiger partial charge < -0.3 is 14.8 Å². The molecule has 128 valence electrons. The Bertz CT molecular complexity index is 955. The number of pyridine rings is 1. The van der Waals surface area contributed by atoms with Crippen molar-refractivity contribution in [1.82, 2.24) is 4.98 Å². The normalized spacial score (nSPS) is 9.84. The van der Waals surface area contributed by atoms with Gasteiger partial charge in [0.2, 0.25) is 0 Å². The summed E-state index contributed by atoms with van der Waals surface area (Å²) >= 11 is 6.17. The molecule has 1 aromatic heterocycles. The summed E-state index contributed by atoms with van der Waals surface area (Å²) in [4.78, 5) is 4.32. The number of benzene rings is 2. The summed E-state index contributed by atoms with van der Waals surface area (Å²) in [6.07, 6.45) is 1.54. The van der Waals surface area contributed by atoms with E-state index in [1.54, 1.807) is 26.4 Å². The van der Waals surface area contributed by atoms with Crippen molar-refractivity contribution in [2.24, 2.45) is 0 Å². The van der Waals surface area contributed by atoms with Crippen LogP contribution < -0.4 is 14.8 Å². The molecule has 3 aromatic rings. The van der Waals surface area contributed by atoms with Crippen LogP contribution in [-0.2, 0) is 0 Å². The summed E-state index contributed by atoms with van der Waals surface area (Å²) < 4.78 is 10.4. The minimum atomic E-state index is 0. The fraction of sp³-hybridized carbons (Fsp3) is 0.111. The van der Waals surface area contributed by atoms with E-state index in [9.17, 15) is 5.26 Å². The second-order valence-corrected chi connectivity index (χ2v) is 5.42. The maximum atomic E-state index is 9.39. The highest BCUT2D eigenvalue weighted by Gasteiger charge is 2.11. The van der Waals surface area contributed by atoms with E-state index < -0.39 is 0 Å². The van der Waals surface area contributed by atoms with Crippen LogP contribution in [0.2, 0.25) is 5.02 Å². The topological polar surface area (TPSA) is 67.2 Å². The van der Waals surface area contributed by atoms with Gasteiger partial charge in [0.1, 0.15) is 17.6 Å². The number of nitrogens with zero attached hydrogens (tertiary/aromatic N) is 2. The second kappa shape index (κ2) is 7.93. The molecule has 0 saturated carbocycles. The van der Waals surface area contributed by atoms with Crippen molar-refractivity contribution in [3.05, 3.63) is 53.2 Å². The number of hydrogen-bond acceptors (Lipinski definition) is 5. The Hall–Kier alpha value is -2.68. The number of methoxy groups -OCH3 is 2. The van der Waals surface area contributed by atoms with Crippen LogP contribution >= 0.6 is 24.0 Å². The number of halogens is 2. The fourth-order valence-electron chi connectivity index (χ4n) is 2.41. The first kappa shape index (κ1) is 18.7. The first-order valence-electron chi connectivity index (χ1n) is 7.13. The summed E-state index contributed by atoms with van der Waals surface area (Å²) in [5.74, 6) is 1.30. The molecular formula is C18H15Cl2N3O2. The second-order valence-electron chi connectivity index (χ2n) is 5.02. The van der Waals surface area contributed by atoms with Gasteiger partial charge in [0.25, 0.3) is 0 Å². The van der Waals surface area contributed by atoms with Gasteiger partial charge in [-0.15, -0.1) is 12.4 Å². The zero-order valence-corrected chi connectivity index (χ0v) is 15.1. The maximum Gasteiger partial charge on any atom is 0.137 e. The number of rotatable bonds is 4. The van der Waals surface area contributed by atoms with Crippen LogP contribution in [0.25, 0.3) is 10.9 Å². The summed E-state index contributed by atoms with van der Waals surface area (Å²) in [6, 6.07) is 13.0. The van der Waals surface area contributed by atoms with Crippen LogP contribution in [0.15, 0.2) is 42.6 Å². The van der Waals surface area contributed by atoms with Gasteiger partial charge in [-0.2, -0.15) is 5.26 Å². The molecule has 5 nitrogen and oxygen atoms in total. The first-order chi connectivity index (χ1) is 11.7. The number of fused-ring (bicyclic) bond motifs is 1. The highest BCUT2D eigenvalue weighted by molar-refractivity contribution is 6.32. The van der Waals surface area contributed by atoms with Crippen molar-refractivity contribution >= 4 is 46.3 Å². The SMILES string of the molecule is COc1ccc2c(Nc3ccc(OC)c(Cl)c3)c(C#N)cnc2c1.Cl. The van der Waals surface area contributed by atoms with Crippen molar-refractivity contribution < 1.29 is 9.47 Å². The molecule has 0 spiro atoms. The maximum absolute atomic E-state index is 9.39. The minimum Gasteiger partial charge on any atom is -0.497 e. The van der Waals surface area contributed by atoms with E-state index in [4.69, 9.17) is 21.1 Å². The third kappa shape index (κ3) is 3.71.